The quantitative estimate of drug-likeness (QED) is 0.726. The molecule has 0 radical (unpaired) electrons. The number of amides is 2. The summed E-state index contributed by atoms with van der Waals surface area (Å²) >= 11 is 0.652. The number of rotatable bonds is 5. The normalized spacial score (nSPS) is 11.1. The maximum absolute atomic E-state index is 12.2. The molecule has 2 amide bonds. The van der Waals surface area contributed by atoms with Crippen molar-refractivity contribution >= 4 is 28.5 Å². The molecule has 0 atom stereocenters. The van der Waals surface area contributed by atoms with E-state index in [2.05, 4.69) is 15.6 Å². The molecule has 106 valence electrons. The highest BCUT2D eigenvalue weighted by Crippen LogP contribution is 2.31. The van der Waals surface area contributed by atoms with E-state index in [1.165, 1.54) is 0 Å². The lowest BCUT2D eigenvalue weighted by Gasteiger charge is -2.04. The number of hydrogen-bond acceptors (Lipinski definition) is 4. The van der Waals surface area contributed by atoms with E-state index in [0.29, 0.717) is 11.3 Å². The van der Waals surface area contributed by atoms with Gasteiger partial charge in [0.25, 0.3) is 0 Å². The molecule has 0 aliphatic rings. The summed E-state index contributed by atoms with van der Waals surface area (Å²) in [4.78, 5) is 24.6. The second-order valence-electron chi connectivity index (χ2n) is 3.41. The summed E-state index contributed by atoms with van der Waals surface area (Å²) < 4.78 is 36.7. The van der Waals surface area contributed by atoms with Crippen LogP contribution in [0.15, 0.2) is 5.38 Å². The number of nitrogens with zero attached hydrogens (tertiary/aromatic N) is 1. The van der Waals surface area contributed by atoms with E-state index in [9.17, 15) is 22.8 Å². The summed E-state index contributed by atoms with van der Waals surface area (Å²) in [6.45, 7) is 0.107. The molecule has 0 unspecified atom stereocenters. The monoisotopic (exact) mass is 297 g/mol. The first kappa shape index (κ1) is 15.2. The number of aromatic nitrogens is 1. The van der Waals surface area contributed by atoms with Gasteiger partial charge in [0.05, 0.1) is 0 Å². The average Bonchev–Trinajstić information content (AvgIpc) is 2.72. The second-order valence-corrected chi connectivity index (χ2v) is 4.27. The van der Waals surface area contributed by atoms with Gasteiger partial charge in [-0.3, -0.25) is 10.1 Å². The molecule has 0 aromatic carbocycles. The van der Waals surface area contributed by atoms with Crippen LogP contribution in [0.4, 0.5) is 23.1 Å². The molecule has 0 fully saturated rings. The standard InChI is InChI=1S/C9H10F3N3O3S/c10-9(11,12)5-4-19-8(14-5)15-7(18)13-3-1-2-6(16)17/h4H,1-3H2,(H,16,17)(H2,13,14,15,18). The van der Waals surface area contributed by atoms with E-state index >= 15 is 0 Å². The van der Waals surface area contributed by atoms with Crippen molar-refractivity contribution in [1.82, 2.24) is 10.3 Å². The molecule has 1 aromatic rings. The van der Waals surface area contributed by atoms with E-state index in [-0.39, 0.29) is 24.5 Å². The third-order valence-electron chi connectivity index (χ3n) is 1.87. The molecule has 1 heterocycles. The van der Waals surface area contributed by atoms with E-state index in [0.717, 1.165) is 5.38 Å². The van der Waals surface area contributed by atoms with Gasteiger partial charge in [-0.25, -0.2) is 9.78 Å². The topological polar surface area (TPSA) is 91.3 Å². The number of alkyl halides is 3. The van der Waals surface area contributed by atoms with Crippen LogP contribution in [0.25, 0.3) is 0 Å². The smallest absolute Gasteiger partial charge is 0.434 e. The zero-order valence-corrected chi connectivity index (χ0v) is 10.3. The zero-order chi connectivity index (χ0) is 14.5. The van der Waals surface area contributed by atoms with Crippen LogP contribution in [-0.2, 0) is 11.0 Å². The number of carbonyl (C=O) groups excluding carboxylic acids is 1. The molecule has 3 N–H and O–H groups in total. The first-order valence-corrected chi connectivity index (χ1v) is 5.96. The lowest BCUT2D eigenvalue weighted by Crippen LogP contribution is -2.29. The minimum atomic E-state index is -4.55. The third kappa shape index (κ3) is 5.55. The Balaban J connectivity index is 2.36. The summed E-state index contributed by atoms with van der Waals surface area (Å²) in [5.74, 6) is -0.989. The Morgan fingerprint density at radius 3 is 2.63 bits per heavy atom. The maximum atomic E-state index is 12.2. The van der Waals surface area contributed by atoms with Gasteiger partial charge in [0.1, 0.15) is 0 Å². The van der Waals surface area contributed by atoms with Gasteiger partial charge in [-0.2, -0.15) is 13.2 Å². The van der Waals surface area contributed by atoms with Crippen LogP contribution in [0, 0.1) is 0 Å². The van der Waals surface area contributed by atoms with Crippen molar-refractivity contribution in [3.8, 4) is 0 Å². The van der Waals surface area contributed by atoms with E-state index in [4.69, 9.17) is 5.11 Å². The summed E-state index contributed by atoms with van der Waals surface area (Å²) in [6, 6.07) is -0.728. The summed E-state index contributed by atoms with van der Waals surface area (Å²) in [5, 5.41) is 13.4. The fourth-order valence-electron chi connectivity index (χ4n) is 1.04. The molecule has 0 aliphatic heterocycles. The zero-order valence-electron chi connectivity index (χ0n) is 9.45. The Morgan fingerprint density at radius 1 is 1.42 bits per heavy atom. The van der Waals surface area contributed by atoms with Crippen molar-refractivity contribution in [3.05, 3.63) is 11.1 Å². The summed E-state index contributed by atoms with van der Waals surface area (Å²) in [7, 11) is 0. The van der Waals surface area contributed by atoms with Crippen LogP contribution < -0.4 is 10.6 Å². The first-order chi connectivity index (χ1) is 8.79. The number of thiazole rings is 1. The molecule has 0 saturated carbocycles. The van der Waals surface area contributed by atoms with E-state index in [1.54, 1.807) is 0 Å². The van der Waals surface area contributed by atoms with Gasteiger partial charge in [-0.1, -0.05) is 0 Å². The molecule has 0 spiro atoms. The highest BCUT2D eigenvalue weighted by molar-refractivity contribution is 7.13. The van der Waals surface area contributed by atoms with E-state index in [1.807, 2.05) is 0 Å². The first-order valence-electron chi connectivity index (χ1n) is 5.08. The SMILES string of the molecule is O=C(O)CCCNC(=O)Nc1nc(C(F)(F)F)cs1. The van der Waals surface area contributed by atoms with Gasteiger partial charge in [0, 0.05) is 18.3 Å². The van der Waals surface area contributed by atoms with Crippen LogP contribution in [-0.4, -0.2) is 28.6 Å². The van der Waals surface area contributed by atoms with Crippen LogP contribution >= 0.6 is 11.3 Å². The molecule has 19 heavy (non-hydrogen) atoms. The van der Waals surface area contributed by atoms with Gasteiger partial charge in [-0.15, -0.1) is 11.3 Å². The Labute approximate surface area is 109 Å². The number of carboxylic acid groups (broad SMARTS) is 1. The van der Waals surface area contributed by atoms with Crippen molar-refractivity contribution in [2.45, 2.75) is 19.0 Å². The summed E-state index contributed by atoms with van der Waals surface area (Å²) in [6.07, 6.45) is -4.42. The lowest BCUT2D eigenvalue weighted by atomic mass is 10.3. The van der Waals surface area contributed by atoms with Gasteiger partial charge in [-0.05, 0) is 6.42 Å². The number of urea groups is 1. The number of carbonyl (C=O) groups is 2. The van der Waals surface area contributed by atoms with Gasteiger partial charge < -0.3 is 10.4 Å². The number of aliphatic carboxylic acids is 1. The Kier molecular flexibility index (Phi) is 5.10. The minimum Gasteiger partial charge on any atom is -0.481 e. The molecule has 0 aliphatic carbocycles. The minimum absolute atomic E-state index is 0.101. The fourth-order valence-corrected chi connectivity index (χ4v) is 1.76. The van der Waals surface area contributed by atoms with Gasteiger partial charge in [0.15, 0.2) is 10.8 Å². The Bertz CT molecular complexity index is 461. The van der Waals surface area contributed by atoms with Gasteiger partial charge >= 0.3 is 18.2 Å². The molecule has 0 bridgehead atoms. The number of carboxylic acids is 1. The number of anilines is 1. The Morgan fingerprint density at radius 2 is 2.11 bits per heavy atom. The molecule has 1 rings (SSSR count). The number of hydrogen-bond donors (Lipinski definition) is 3. The molecule has 1 aromatic heterocycles. The second kappa shape index (κ2) is 6.36. The van der Waals surface area contributed by atoms with Crippen LogP contribution in [0.1, 0.15) is 18.5 Å². The molecule has 10 heteroatoms. The predicted molar refractivity (Wildman–Crippen MR) is 61.0 cm³/mol. The van der Waals surface area contributed by atoms with Crippen molar-refractivity contribution < 1.29 is 27.9 Å². The van der Waals surface area contributed by atoms with Crippen LogP contribution in [0.3, 0.4) is 0 Å². The van der Waals surface area contributed by atoms with E-state index < -0.39 is 23.9 Å². The van der Waals surface area contributed by atoms with Crippen molar-refractivity contribution in [3.63, 3.8) is 0 Å². The molecule has 6 nitrogen and oxygen atoms in total. The van der Waals surface area contributed by atoms with Crippen LogP contribution in [0.5, 0.6) is 0 Å². The van der Waals surface area contributed by atoms with Crippen molar-refractivity contribution in [1.29, 1.82) is 0 Å². The summed E-state index contributed by atoms with van der Waals surface area (Å²) in [5.41, 5.74) is -1.07. The molecule has 0 saturated heterocycles. The Hall–Kier alpha value is -1.84. The molecular weight excluding hydrogens is 287 g/mol. The number of halogens is 3. The van der Waals surface area contributed by atoms with Crippen molar-refractivity contribution in [2.24, 2.45) is 0 Å². The fraction of sp³-hybridized carbons (Fsp3) is 0.444. The van der Waals surface area contributed by atoms with Gasteiger partial charge in [0.2, 0.25) is 0 Å². The average molecular weight is 297 g/mol. The highest BCUT2D eigenvalue weighted by atomic mass is 32.1. The maximum Gasteiger partial charge on any atom is 0.434 e. The molecular formula is C9H10F3N3O3S. The van der Waals surface area contributed by atoms with Crippen LogP contribution in [0.2, 0.25) is 0 Å². The predicted octanol–water partition coefficient (Wildman–Crippen LogP) is 2.15. The highest BCUT2D eigenvalue weighted by Gasteiger charge is 2.33. The third-order valence-corrected chi connectivity index (χ3v) is 2.63. The lowest BCUT2D eigenvalue weighted by molar-refractivity contribution is -0.140. The van der Waals surface area contributed by atoms with Crippen molar-refractivity contribution in [2.75, 3.05) is 11.9 Å². The largest absolute Gasteiger partial charge is 0.481 e. The number of nitrogens with one attached hydrogen (secondary N) is 2.